The van der Waals surface area contributed by atoms with Gasteiger partial charge in [-0.05, 0) is 80.4 Å². The van der Waals surface area contributed by atoms with E-state index in [9.17, 15) is 13.2 Å². The number of amides is 1. The molecule has 1 atom stereocenters. The Kier molecular flexibility index (Phi) is 6.10. The summed E-state index contributed by atoms with van der Waals surface area (Å²) in [6, 6.07) is 12.9. The van der Waals surface area contributed by atoms with Crippen molar-refractivity contribution in [2.75, 3.05) is 18.4 Å². The van der Waals surface area contributed by atoms with Crippen LogP contribution in [0.4, 0.5) is 5.69 Å². The number of nitrogens with one attached hydrogen (secondary N) is 2. The lowest BCUT2D eigenvalue weighted by Crippen LogP contribution is -2.14. The smallest absolute Gasteiger partial charge is 0.238 e. The van der Waals surface area contributed by atoms with Crippen molar-refractivity contribution in [2.24, 2.45) is 11.1 Å². The van der Waals surface area contributed by atoms with Crippen LogP contribution in [-0.4, -0.2) is 27.4 Å². The van der Waals surface area contributed by atoms with Crippen LogP contribution in [0.25, 0.3) is 0 Å². The van der Waals surface area contributed by atoms with E-state index < -0.39 is 10.0 Å². The number of primary sulfonamides is 1. The first-order valence-electron chi connectivity index (χ1n) is 8.81. The standard InChI is InChI=1S/C19H23N3O4S/c20-27(24,25)18-8-6-17(7-9-18)26-16-4-2-15(3-5-16)22-19(23)10-1-14-11-12-21-13-14/h2-9,14,21H,1,10-13H2,(H,22,23)(H2,20,24,25). The van der Waals surface area contributed by atoms with Gasteiger partial charge in [0.25, 0.3) is 0 Å². The second-order valence-electron chi connectivity index (χ2n) is 6.59. The van der Waals surface area contributed by atoms with Crippen LogP contribution in [0, 0.1) is 5.92 Å². The SMILES string of the molecule is NS(=O)(=O)c1ccc(Oc2ccc(NC(=O)CCC3CCNC3)cc2)cc1. The van der Waals surface area contributed by atoms with Crippen molar-refractivity contribution in [3.63, 3.8) is 0 Å². The lowest BCUT2D eigenvalue weighted by atomic mass is 10.0. The third-order valence-corrected chi connectivity index (χ3v) is 5.40. The average Bonchev–Trinajstić information content (AvgIpc) is 3.15. The number of rotatable bonds is 7. The first-order valence-corrected chi connectivity index (χ1v) is 10.4. The maximum absolute atomic E-state index is 12.0. The molecule has 4 N–H and O–H groups in total. The number of nitrogens with two attached hydrogens (primary N) is 1. The molecule has 1 unspecified atom stereocenters. The van der Waals surface area contributed by atoms with Crippen molar-refractivity contribution < 1.29 is 17.9 Å². The lowest BCUT2D eigenvalue weighted by Gasteiger charge is -2.10. The van der Waals surface area contributed by atoms with Gasteiger partial charge in [-0.3, -0.25) is 4.79 Å². The highest BCUT2D eigenvalue weighted by molar-refractivity contribution is 7.89. The zero-order valence-corrected chi connectivity index (χ0v) is 15.7. The molecule has 27 heavy (non-hydrogen) atoms. The van der Waals surface area contributed by atoms with Crippen LogP contribution in [0.1, 0.15) is 19.3 Å². The van der Waals surface area contributed by atoms with E-state index in [1.54, 1.807) is 24.3 Å². The van der Waals surface area contributed by atoms with Crippen molar-refractivity contribution in [1.82, 2.24) is 5.32 Å². The fourth-order valence-electron chi connectivity index (χ4n) is 2.96. The van der Waals surface area contributed by atoms with Crippen LogP contribution in [0.15, 0.2) is 53.4 Å². The van der Waals surface area contributed by atoms with E-state index in [-0.39, 0.29) is 10.8 Å². The van der Waals surface area contributed by atoms with Crippen LogP contribution in [-0.2, 0) is 14.8 Å². The maximum atomic E-state index is 12.0. The van der Waals surface area contributed by atoms with E-state index in [1.807, 2.05) is 0 Å². The van der Waals surface area contributed by atoms with Crippen LogP contribution in [0.5, 0.6) is 11.5 Å². The number of benzene rings is 2. The molecule has 1 fully saturated rings. The van der Waals surface area contributed by atoms with Gasteiger partial charge < -0.3 is 15.4 Å². The van der Waals surface area contributed by atoms with Crippen molar-refractivity contribution in [3.8, 4) is 11.5 Å². The molecular weight excluding hydrogens is 366 g/mol. The predicted molar refractivity (Wildman–Crippen MR) is 103 cm³/mol. The van der Waals surface area contributed by atoms with Gasteiger partial charge in [0.05, 0.1) is 4.90 Å². The van der Waals surface area contributed by atoms with E-state index in [2.05, 4.69) is 10.6 Å². The summed E-state index contributed by atoms with van der Waals surface area (Å²) in [6.07, 6.45) is 2.55. The molecule has 7 nitrogen and oxygen atoms in total. The van der Waals surface area contributed by atoms with E-state index in [0.29, 0.717) is 29.5 Å². The lowest BCUT2D eigenvalue weighted by molar-refractivity contribution is -0.116. The Balaban J connectivity index is 1.51. The summed E-state index contributed by atoms with van der Waals surface area (Å²) in [6.45, 7) is 2.04. The molecule has 0 bridgehead atoms. The van der Waals surface area contributed by atoms with Crippen molar-refractivity contribution in [3.05, 3.63) is 48.5 Å². The van der Waals surface area contributed by atoms with Gasteiger partial charge in [-0.15, -0.1) is 0 Å². The van der Waals surface area contributed by atoms with Gasteiger partial charge in [0, 0.05) is 12.1 Å². The summed E-state index contributed by atoms with van der Waals surface area (Å²) in [5.74, 6) is 1.67. The van der Waals surface area contributed by atoms with Crippen molar-refractivity contribution in [1.29, 1.82) is 0 Å². The fourth-order valence-corrected chi connectivity index (χ4v) is 3.47. The Morgan fingerprint density at radius 3 is 2.30 bits per heavy atom. The zero-order chi connectivity index (χ0) is 19.3. The molecule has 0 radical (unpaired) electrons. The molecule has 2 aromatic rings. The van der Waals surface area contributed by atoms with Crippen LogP contribution < -0.4 is 20.5 Å². The van der Waals surface area contributed by atoms with E-state index in [0.717, 1.165) is 25.9 Å². The number of sulfonamides is 1. The molecule has 0 aromatic heterocycles. The molecule has 144 valence electrons. The van der Waals surface area contributed by atoms with Crippen LogP contribution >= 0.6 is 0 Å². The zero-order valence-electron chi connectivity index (χ0n) is 14.9. The minimum atomic E-state index is -3.72. The van der Waals surface area contributed by atoms with Gasteiger partial charge in [-0.2, -0.15) is 0 Å². The number of ether oxygens (including phenoxy) is 1. The molecule has 0 spiro atoms. The first kappa shape index (κ1) is 19.3. The Morgan fingerprint density at radius 2 is 1.74 bits per heavy atom. The number of anilines is 1. The molecule has 2 aromatic carbocycles. The predicted octanol–water partition coefficient (Wildman–Crippen LogP) is 2.45. The van der Waals surface area contributed by atoms with E-state index in [4.69, 9.17) is 9.88 Å². The molecule has 1 amide bonds. The van der Waals surface area contributed by atoms with Crippen LogP contribution in [0.2, 0.25) is 0 Å². The highest BCUT2D eigenvalue weighted by Gasteiger charge is 2.15. The van der Waals surface area contributed by atoms with Crippen LogP contribution in [0.3, 0.4) is 0 Å². The first-order chi connectivity index (χ1) is 12.9. The molecule has 1 aliphatic heterocycles. The largest absolute Gasteiger partial charge is 0.457 e. The van der Waals surface area contributed by atoms with Gasteiger partial charge in [-0.1, -0.05) is 0 Å². The molecule has 1 aliphatic rings. The molecule has 1 heterocycles. The van der Waals surface area contributed by atoms with Gasteiger partial charge in [-0.25, -0.2) is 13.6 Å². The summed E-state index contributed by atoms with van der Waals surface area (Å²) < 4.78 is 28.2. The molecule has 1 saturated heterocycles. The number of hydrogen-bond donors (Lipinski definition) is 3. The number of carbonyl (C=O) groups is 1. The third-order valence-electron chi connectivity index (χ3n) is 4.47. The molecule has 0 saturated carbocycles. The minimum absolute atomic E-state index is 0.00847. The van der Waals surface area contributed by atoms with E-state index in [1.165, 1.54) is 24.3 Å². The molecule has 0 aliphatic carbocycles. The van der Waals surface area contributed by atoms with Gasteiger partial charge in [0.1, 0.15) is 11.5 Å². The summed E-state index contributed by atoms with van der Waals surface area (Å²) in [7, 11) is -3.72. The Hall–Kier alpha value is -2.42. The normalized spacial score (nSPS) is 16.9. The summed E-state index contributed by atoms with van der Waals surface area (Å²) >= 11 is 0. The second kappa shape index (κ2) is 8.51. The summed E-state index contributed by atoms with van der Waals surface area (Å²) in [5, 5.41) is 11.3. The van der Waals surface area contributed by atoms with Crippen molar-refractivity contribution >= 4 is 21.6 Å². The fraction of sp³-hybridized carbons (Fsp3) is 0.316. The highest BCUT2D eigenvalue weighted by Crippen LogP contribution is 2.24. The Labute approximate surface area is 159 Å². The second-order valence-corrected chi connectivity index (χ2v) is 8.15. The molecule has 8 heteroatoms. The number of carbonyl (C=O) groups excluding carboxylic acids is 1. The topological polar surface area (TPSA) is 111 Å². The third kappa shape index (κ3) is 5.78. The average molecular weight is 389 g/mol. The minimum Gasteiger partial charge on any atom is -0.457 e. The highest BCUT2D eigenvalue weighted by atomic mass is 32.2. The molecular formula is C19H23N3O4S. The van der Waals surface area contributed by atoms with Gasteiger partial charge in [0.15, 0.2) is 0 Å². The number of hydrogen-bond acceptors (Lipinski definition) is 5. The van der Waals surface area contributed by atoms with E-state index >= 15 is 0 Å². The van der Waals surface area contributed by atoms with Gasteiger partial charge in [0.2, 0.25) is 15.9 Å². The van der Waals surface area contributed by atoms with Crippen molar-refractivity contribution in [2.45, 2.75) is 24.2 Å². The Bertz CT molecular complexity index is 874. The monoisotopic (exact) mass is 389 g/mol. The quantitative estimate of drug-likeness (QED) is 0.674. The summed E-state index contributed by atoms with van der Waals surface area (Å²) in [4.78, 5) is 12.1. The maximum Gasteiger partial charge on any atom is 0.238 e. The summed E-state index contributed by atoms with van der Waals surface area (Å²) in [5.41, 5.74) is 0.710. The Morgan fingerprint density at radius 1 is 1.11 bits per heavy atom. The van der Waals surface area contributed by atoms with Gasteiger partial charge >= 0.3 is 0 Å². The molecule has 3 rings (SSSR count).